The van der Waals surface area contributed by atoms with E-state index in [0.717, 1.165) is 5.69 Å². The molecule has 0 aliphatic rings. The first-order chi connectivity index (χ1) is 8.16. The van der Waals surface area contributed by atoms with Crippen molar-refractivity contribution < 1.29 is 4.39 Å². The van der Waals surface area contributed by atoms with Crippen LogP contribution in [0.25, 0.3) is 0 Å². The monoisotopic (exact) mass is 249 g/mol. The molecule has 0 heterocycles. The lowest BCUT2D eigenvalue weighted by atomic mass is 10.1. The maximum absolute atomic E-state index is 13.2. The first-order valence-corrected chi connectivity index (χ1v) is 5.78. The van der Waals surface area contributed by atoms with Gasteiger partial charge in [0.15, 0.2) is 0 Å². The zero-order chi connectivity index (χ0) is 12.3. The molecule has 2 aromatic carbocycles. The van der Waals surface area contributed by atoms with Crippen molar-refractivity contribution in [2.45, 2.75) is 13.5 Å². The zero-order valence-electron chi connectivity index (χ0n) is 9.50. The fraction of sp³-hybridized carbons (Fsp3) is 0.143. The molecule has 0 aromatic heterocycles. The van der Waals surface area contributed by atoms with Gasteiger partial charge < -0.3 is 5.32 Å². The van der Waals surface area contributed by atoms with Crippen molar-refractivity contribution >= 4 is 17.3 Å². The quantitative estimate of drug-likeness (QED) is 0.850. The Bertz CT molecular complexity index is 525. The molecule has 0 amide bonds. The van der Waals surface area contributed by atoms with Gasteiger partial charge in [-0.15, -0.1) is 0 Å². The van der Waals surface area contributed by atoms with E-state index in [0.29, 0.717) is 6.54 Å². The molecule has 0 aliphatic carbocycles. The Morgan fingerprint density at radius 2 is 1.94 bits per heavy atom. The summed E-state index contributed by atoms with van der Waals surface area (Å²) >= 11 is 5.62. The third-order valence-corrected chi connectivity index (χ3v) is 2.97. The predicted octanol–water partition coefficient (Wildman–Crippen LogP) is 4.40. The van der Waals surface area contributed by atoms with Crippen molar-refractivity contribution in [1.29, 1.82) is 0 Å². The summed E-state index contributed by atoms with van der Waals surface area (Å²) in [5.41, 5.74) is 3.15. The number of hydrogen-bond donors (Lipinski definition) is 1. The van der Waals surface area contributed by atoms with Gasteiger partial charge in [-0.1, -0.05) is 35.9 Å². The van der Waals surface area contributed by atoms with Gasteiger partial charge in [0.2, 0.25) is 0 Å². The van der Waals surface area contributed by atoms with Crippen molar-refractivity contribution in [2.75, 3.05) is 5.32 Å². The van der Waals surface area contributed by atoms with E-state index in [1.165, 1.54) is 17.2 Å². The van der Waals surface area contributed by atoms with Crippen molar-refractivity contribution in [1.82, 2.24) is 0 Å². The lowest BCUT2D eigenvalue weighted by Crippen LogP contribution is -2.01. The van der Waals surface area contributed by atoms with Crippen LogP contribution in [0.15, 0.2) is 42.5 Å². The normalized spacial score (nSPS) is 10.3. The second-order valence-electron chi connectivity index (χ2n) is 3.91. The minimum absolute atomic E-state index is 0.145. The molecule has 0 saturated carbocycles. The molecule has 0 unspecified atom stereocenters. The molecule has 0 bridgehead atoms. The average Bonchev–Trinajstić information content (AvgIpc) is 2.32. The number of hydrogen-bond acceptors (Lipinski definition) is 1. The number of nitrogens with one attached hydrogen (secondary N) is 1. The summed E-state index contributed by atoms with van der Waals surface area (Å²) in [5.74, 6) is -0.401. The van der Waals surface area contributed by atoms with Gasteiger partial charge in [0, 0.05) is 12.2 Å². The van der Waals surface area contributed by atoms with Gasteiger partial charge in [-0.2, -0.15) is 0 Å². The first kappa shape index (κ1) is 11.9. The molecule has 2 rings (SSSR count). The Labute approximate surface area is 105 Å². The maximum atomic E-state index is 13.2. The molecule has 0 saturated heterocycles. The van der Waals surface area contributed by atoms with Gasteiger partial charge in [0.25, 0.3) is 0 Å². The molecular formula is C14H13ClFN. The number of aryl methyl sites for hydroxylation is 1. The third-order valence-electron chi connectivity index (χ3n) is 2.66. The van der Waals surface area contributed by atoms with Crippen molar-refractivity contribution in [2.24, 2.45) is 0 Å². The average molecular weight is 250 g/mol. The van der Waals surface area contributed by atoms with Crippen molar-refractivity contribution in [3.8, 4) is 0 Å². The van der Waals surface area contributed by atoms with Crippen LogP contribution in [0.3, 0.4) is 0 Å². The molecule has 3 heteroatoms. The van der Waals surface area contributed by atoms with E-state index in [9.17, 15) is 4.39 Å². The smallest absolute Gasteiger partial charge is 0.143 e. The van der Waals surface area contributed by atoms with E-state index in [4.69, 9.17) is 11.6 Å². The highest BCUT2D eigenvalue weighted by Crippen LogP contribution is 2.19. The lowest BCUT2D eigenvalue weighted by molar-refractivity contribution is 0.628. The van der Waals surface area contributed by atoms with Gasteiger partial charge in [0.05, 0.1) is 5.02 Å². The molecule has 2 aromatic rings. The maximum Gasteiger partial charge on any atom is 0.143 e. The summed E-state index contributed by atoms with van der Waals surface area (Å²) in [6, 6.07) is 12.8. The van der Waals surface area contributed by atoms with E-state index in [2.05, 4.69) is 24.4 Å². The van der Waals surface area contributed by atoms with Crippen LogP contribution in [-0.2, 0) is 6.54 Å². The predicted molar refractivity (Wildman–Crippen MR) is 69.9 cm³/mol. The Hall–Kier alpha value is -1.54. The molecule has 0 aliphatic heterocycles. The van der Waals surface area contributed by atoms with Crippen LogP contribution in [0, 0.1) is 12.7 Å². The minimum atomic E-state index is -0.401. The Morgan fingerprint density at radius 3 is 2.65 bits per heavy atom. The Morgan fingerprint density at radius 1 is 1.18 bits per heavy atom. The molecule has 0 fully saturated rings. The van der Waals surface area contributed by atoms with Crippen LogP contribution in [0.2, 0.25) is 5.02 Å². The summed E-state index contributed by atoms with van der Waals surface area (Å²) in [5, 5.41) is 3.32. The van der Waals surface area contributed by atoms with Gasteiger partial charge in [-0.05, 0) is 36.2 Å². The molecule has 0 atom stereocenters. The van der Waals surface area contributed by atoms with Gasteiger partial charge in [-0.3, -0.25) is 0 Å². The largest absolute Gasteiger partial charge is 0.381 e. The summed E-state index contributed by atoms with van der Waals surface area (Å²) < 4.78 is 13.2. The second kappa shape index (κ2) is 5.19. The Kier molecular flexibility index (Phi) is 3.64. The standard InChI is InChI=1S/C14H13ClFN/c1-10-4-2-3-5-11(10)9-17-12-6-7-13(15)14(16)8-12/h2-8,17H,9H2,1H3. The molecule has 17 heavy (non-hydrogen) atoms. The molecular weight excluding hydrogens is 237 g/mol. The first-order valence-electron chi connectivity index (χ1n) is 5.40. The number of anilines is 1. The fourth-order valence-electron chi connectivity index (χ4n) is 1.61. The van der Waals surface area contributed by atoms with E-state index in [-0.39, 0.29) is 5.02 Å². The number of benzene rings is 2. The zero-order valence-corrected chi connectivity index (χ0v) is 10.3. The summed E-state index contributed by atoms with van der Waals surface area (Å²) in [4.78, 5) is 0. The summed E-state index contributed by atoms with van der Waals surface area (Å²) in [6.45, 7) is 2.73. The highest BCUT2D eigenvalue weighted by atomic mass is 35.5. The molecule has 88 valence electrons. The van der Waals surface area contributed by atoms with E-state index in [1.807, 2.05) is 12.1 Å². The van der Waals surface area contributed by atoms with Crippen LogP contribution >= 0.6 is 11.6 Å². The SMILES string of the molecule is Cc1ccccc1CNc1ccc(Cl)c(F)c1. The highest BCUT2D eigenvalue weighted by molar-refractivity contribution is 6.30. The second-order valence-corrected chi connectivity index (χ2v) is 4.32. The molecule has 0 radical (unpaired) electrons. The Balaban J connectivity index is 2.08. The van der Waals surface area contributed by atoms with Crippen LogP contribution in [0.4, 0.5) is 10.1 Å². The van der Waals surface area contributed by atoms with Crippen LogP contribution in [0.1, 0.15) is 11.1 Å². The van der Waals surface area contributed by atoms with Gasteiger partial charge in [-0.25, -0.2) is 4.39 Å². The molecule has 1 nitrogen and oxygen atoms in total. The van der Waals surface area contributed by atoms with E-state index in [1.54, 1.807) is 12.1 Å². The van der Waals surface area contributed by atoms with Crippen molar-refractivity contribution in [3.63, 3.8) is 0 Å². The van der Waals surface area contributed by atoms with Crippen LogP contribution in [0.5, 0.6) is 0 Å². The van der Waals surface area contributed by atoms with Crippen LogP contribution in [-0.4, -0.2) is 0 Å². The fourth-order valence-corrected chi connectivity index (χ4v) is 1.73. The highest BCUT2D eigenvalue weighted by Gasteiger charge is 2.01. The van der Waals surface area contributed by atoms with E-state index >= 15 is 0 Å². The van der Waals surface area contributed by atoms with E-state index < -0.39 is 5.82 Å². The summed E-state index contributed by atoms with van der Waals surface area (Å²) in [6.07, 6.45) is 0. The third kappa shape index (κ3) is 2.98. The van der Waals surface area contributed by atoms with Gasteiger partial charge >= 0.3 is 0 Å². The number of halogens is 2. The molecule has 1 N–H and O–H groups in total. The van der Waals surface area contributed by atoms with Crippen LogP contribution < -0.4 is 5.32 Å². The van der Waals surface area contributed by atoms with Gasteiger partial charge in [0.1, 0.15) is 5.82 Å². The summed E-state index contributed by atoms with van der Waals surface area (Å²) in [7, 11) is 0. The minimum Gasteiger partial charge on any atom is -0.381 e. The molecule has 0 spiro atoms. The topological polar surface area (TPSA) is 12.0 Å². The van der Waals surface area contributed by atoms with Crippen molar-refractivity contribution in [3.05, 3.63) is 64.4 Å². The number of rotatable bonds is 3. The lowest BCUT2D eigenvalue weighted by Gasteiger charge is -2.09.